The molecular formula is C12H13N2NaS. The molecule has 1 rings (SSSR count). The third-order valence-electron chi connectivity index (χ3n) is 2.19. The zero-order chi connectivity index (χ0) is 11.3. The van der Waals surface area contributed by atoms with Crippen LogP contribution in [-0.2, 0) is 19.0 Å². The van der Waals surface area contributed by atoms with Crippen molar-refractivity contribution < 1.29 is 29.6 Å². The Hall–Kier alpha value is -0.400. The summed E-state index contributed by atoms with van der Waals surface area (Å²) < 4.78 is 0. The van der Waals surface area contributed by atoms with Gasteiger partial charge in [0.2, 0.25) is 6.19 Å². The van der Waals surface area contributed by atoms with Crippen molar-refractivity contribution in [3.05, 3.63) is 35.4 Å². The van der Waals surface area contributed by atoms with Crippen molar-refractivity contribution in [3.63, 3.8) is 0 Å². The predicted octanol–water partition coefficient (Wildman–Crippen LogP) is -0.217. The van der Waals surface area contributed by atoms with Gasteiger partial charge in [-0.25, -0.2) is 4.99 Å². The van der Waals surface area contributed by atoms with Crippen molar-refractivity contribution in [1.29, 1.82) is 5.26 Å². The fourth-order valence-corrected chi connectivity index (χ4v) is 1.71. The van der Waals surface area contributed by atoms with Crippen molar-refractivity contribution in [2.24, 2.45) is 4.99 Å². The monoisotopic (exact) mass is 240 g/mol. The second kappa shape index (κ2) is 7.81. The normalized spacial score (nSPS) is 10.8. The Balaban J connectivity index is 0.00000225. The van der Waals surface area contributed by atoms with E-state index in [-0.39, 0.29) is 29.6 Å². The summed E-state index contributed by atoms with van der Waals surface area (Å²) in [6, 6.07) is 8.13. The number of nitriles is 1. The standard InChI is InChI=1S/C12H14N2S.Na/c1-9(2)11-6-4-3-5-10(11)7-12(15)14-8-13;/h3-6,9H,7H2,1-2H3,(H,14,15);/q;+1/p-1. The number of rotatable bonds is 3. The maximum absolute atomic E-state index is 8.39. The summed E-state index contributed by atoms with van der Waals surface area (Å²) in [5, 5.41) is 8.84. The second-order valence-corrected chi connectivity index (χ2v) is 4.11. The summed E-state index contributed by atoms with van der Waals surface area (Å²) in [6.07, 6.45) is 2.30. The van der Waals surface area contributed by atoms with Crippen LogP contribution in [0, 0.1) is 11.5 Å². The minimum absolute atomic E-state index is 0. The Morgan fingerprint density at radius 2 is 2.06 bits per heavy atom. The third kappa shape index (κ3) is 4.63. The van der Waals surface area contributed by atoms with Gasteiger partial charge in [-0.05, 0) is 23.5 Å². The smallest absolute Gasteiger partial charge is 0.763 e. The summed E-state index contributed by atoms with van der Waals surface area (Å²) in [5.41, 5.74) is 2.43. The van der Waals surface area contributed by atoms with Crippen LogP contribution in [0.2, 0.25) is 0 Å². The van der Waals surface area contributed by atoms with Crippen LogP contribution in [0.25, 0.3) is 0 Å². The Morgan fingerprint density at radius 1 is 1.44 bits per heavy atom. The quantitative estimate of drug-likeness (QED) is 0.241. The molecule has 0 heterocycles. The van der Waals surface area contributed by atoms with Crippen molar-refractivity contribution >= 4 is 17.7 Å². The van der Waals surface area contributed by atoms with Gasteiger partial charge in [0.05, 0.1) is 0 Å². The van der Waals surface area contributed by atoms with Gasteiger partial charge in [0.25, 0.3) is 0 Å². The average molecular weight is 240 g/mol. The Kier molecular flexibility index (Phi) is 7.61. The van der Waals surface area contributed by atoms with Gasteiger partial charge in [-0.3, -0.25) is 0 Å². The molecule has 0 aromatic heterocycles. The molecule has 0 aliphatic heterocycles. The van der Waals surface area contributed by atoms with E-state index in [1.807, 2.05) is 18.2 Å². The molecule has 0 atom stereocenters. The van der Waals surface area contributed by atoms with Crippen LogP contribution in [0.5, 0.6) is 0 Å². The molecule has 0 saturated heterocycles. The van der Waals surface area contributed by atoms with Crippen molar-refractivity contribution in [2.45, 2.75) is 26.2 Å². The molecule has 0 amide bonds. The zero-order valence-corrected chi connectivity index (χ0v) is 12.7. The average Bonchev–Trinajstić information content (AvgIpc) is 2.18. The zero-order valence-electron chi connectivity index (χ0n) is 9.90. The van der Waals surface area contributed by atoms with Crippen LogP contribution < -0.4 is 29.6 Å². The van der Waals surface area contributed by atoms with Crippen molar-refractivity contribution in [2.75, 3.05) is 0 Å². The molecule has 16 heavy (non-hydrogen) atoms. The van der Waals surface area contributed by atoms with E-state index in [4.69, 9.17) is 17.9 Å². The van der Waals surface area contributed by atoms with E-state index < -0.39 is 0 Å². The van der Waals surface area contributed by atoms with Crippen LogP contribution >= 0.6 is 0 Å². The third-order valence-corrected chi connectivity index (χ3v) is 2.43. The Labute approximate surface area is 124 Å². The SMILES string of the molecule is CC(C)c1ccccc1CC([S-])=NC#N.[Na+]. The number of nitrogens with zero attached hydrogens (tertiary/aromatic N) is 2. The summed E-state index contributed by atoms with van der Waals surface area (Å²) >= 11 is 4.99. The molecule has 0 radical (unpaired) electrons. The Morgan fingerprint density at radius 3 is 2.62 bits per heavy atom. The van der Waals surface area contributed by atoms with Crippen molar-refractivity contribution in [1.82, 2.24) is 0 Å². The number of hydrogen-bond acceptors (Lipinski definition) is 3. The molecule has 0 spiro atoms. The molecule has 4 heteroatoms. The van der Waals surface area contributed by atoms with E-state index >= 15 is 0 Å². The van der Waals surface area contributed by atoms with Gasteiger partial charge in [-0.2, -0.15) is 5.26 Å². The second-order valence-electron chi connectivity index (χ2n) is 3.64. The molecule has 1 aromatic carbocycles. The number of aliphatic imine (C=N–C) groups is 1. The predicted molar refractivity (Wildman–Crippen MR) is 64.6 cm³/mol. The molecule has 2 nitrogen and oxygen atoms in total. The summed E-state index contributed by atoms with van der Waals surface area (Å²) in [5.74, 6) is 0.464. The molecule has 0 aliphatic rings. The molecule has 0 aliphatic carbocycles. The molecule has 78 valence electrons. The maximum Gasteiger partial charge on any atom is 1.00 e. The van der Waals surface area contributed by atoms with Gasteiger partial charge >= 0.3 is 29.6 Å². The number of hydrogen-bond donors (Lipinski definition) is 0. The molecule has 0 fully saturated rings. The first kappa shape index (κ1) is 15.6. The largest absolute Gasteiger partial charge is 1.00 e. The van der Waals surface area contributed by atoms with Crippen molar-refractivity contribution in [3.8, 4) is 6.19 Å². The molecular weight excluding hydrogens is 227 g/mol. The van der Waals surface area contributed by atoms with E-state index in [0.717, 1.165) is 5.56 Å². The molecule has 0 saturated carbocycles. The first-order chi connectivity index (χ1) is 7.15. The van der Waals surface area contributed by atoms with Crippen LogP contribution in [0.4, 0.5) is 0 Å². The van der Waals surface area contributed by atoms with Crippen LogP contribution in [-0.4, -0.2) is 5.04 Å². The van der Waals surface area contributed by atoms with Crippen LogP contribution in [0.15, 0.2) is 29.3 Å². The maximum atomic E-state index is 8.39. The van der Waals surface area contributed by atoms with Crippen LogP contribution in [0.1, 0.15) is 30.9 Å². The molecule has 0 unspecified atom stereocenters. The molecule has 0 N–H and O–H groups in total. The topological polar surface area (TPSA) is 36.1 Å². The summed E-state index contributed by atoms with van der Waals surface area (Å²) in [4.78, 5) is 3.56. The fraction of sp³-hybridized carbons (Fsp3) is 0.333. The van der Waals surface area contributed by atoms with Gasteiger partial charge in [0.1, 0.15) is 0 Å². The van der Waals surface area contributed by atoms with E-state index in [1.54, 1.807) is 6.19 Å². The van der Waals surface area contributed by atoms with E-state index in [0.29, 0.717) is 17.4 Å². The minimum Gasteiger partial charge on any atom is -0.763 e. The minimum atomic E-state index is 0. The number of benzene rings is 1. The van der Waals surface area contributed by atoms with Gasteiger partial charge in [-0.1, -0.05) is 43.2 Å². The van der Waals surface area contributed by atoms with E-state index in [9.17, 15) is 0 Å². The van der Waals surface area contributed by atoms with E-state index in [2.05, 4.69) is 24.9 Å². The van der Waals surface area contributed by atoms with Gasteiger partial charge < -0.3 is 12.6 Å². The van der Waals surface area contributed by atoms with Crippen LogP contribution in [0.3, 0.4) is 0 Å². The van der Waals surface area contributed by atoms with Gasteiger partial charge in [0.15, 0.2) is 0 Å². The Bertz CT molecular complexity index is 408. The van der Waals surface area contributed by atoms with Gasteiger partial charge in [-0.15, -0.1) is 0 Å². The van der Waals surface area contributed by atoms with E-state index in [1.165, 1.54) is 5.56 Å². The fourth-order valence-electron chi connectivity index (χ4n) is 1.52. The summed E-state index contributed by atoms with van der Waals surface area (Å²) in [7, 11) is 0. The molecule has 1 aromatic rings. The first-order valence-corrected chi connectivity index (χ1v) is 5.26. The van der Waals surface area contributed by atoms with Gasteiger partial charge in [0, 0.05) is 0 Å². The molecule has 0 bridgehead atoms. The first-order valence-electron chi connectivity index (χ1n) is 4.85. The summed E-state index contributed by atoms with van der Waals surface area (Å²) in [6.45, 7) is 4.28.